The molecule has 2 rings (SSSR count). The van der Waals surface area contributed by atoms with E-state index in [0.29, 0.717) is 18.5 Å². The summed E-state index contributed by atoms with van der Waals surface area (Å²) in [6.07, 6.45) is 0.349. The molecule has 2 aromatic carbocycles. The second-order valence-electron chi connectivity index (χ2n) is 5.34. The van der Waals surface area contributed by atoms with Crippen LogP contribution in [-0.2, 0) is 11.3 Å². The van der Waals surface area contributed by atoms with Gasteiger partial charge in [-0.1, -0.05) is 24.3 Å². The Hall–Kier alpha value is -2.36. The molecule has 0 heterocycles. The molecule has 0 spiro atoms. The van der Waals surface area contributed by atoms with Gasteiger partial charge in [-0.25, -0.2) is 4.39 Å². The van der Waals surface area contributed by atoms with Crippen LogP contribution in [0.1, 0.15) is 23.1 Å². The second kappa shape index (κ2) is 7.59. The number of anilines is 1. The number of aryl methyl sites for hydroxylation is 2. The van der Waals surface area contributed by atoms with Gasteiger partial charge in [0.1, 0.15) is 5.82 Å². The number of amides is 1. The summed E-state index contributed by atoms with van der Waals surface area (Å²) >= 11 is 0. The Balaban J connectivity index is 1.74. The van der Waals surface area contributed by atoms with Crippen molar-refractivity contribution >= 4 is 11.6 Å². The molecule has 116 valence electrons. The molecule has 0 atom stereocenters. The first-order valence-electron chi connectivity index (χ1n) is 7.37. The predicted octanol–water partition coefficient (Wildman–Crippen LogP) is 3.56. The monoisotopic (exact) mass is 300 g/mol. The number of hydrogen-bond acceptors (Lipinski definition) is 2. The Bertz CT molecular complexity index is 655. The molecular formula is C18H21FN2O. The standard InChI is InChI=1S/C18H21FN2O/c1-13-7-8-16(11-14(13)2)20-10-9-18(22)21-12-15-5-3-4-6-17(15)19/h3-8,11,20H,9-10,12H2,1-2H3,(H,21,22). The number of halogens is 1. The van der Waals surface area contributed by atoms with Crippen LogP contribution in [0.4, 0.5) is 10.1 Å². The van der Waals surface area contributed by atoms with E-state index in [1.165, 1.54) is 17.2 Å². The number of rotatable bonds is 6. The average Bonchev–Trinajstić information content (AvgIpc) is 2.50. The number of nitrogens with one attached hydrogen (secondary N) is 2. The zero-order valence-corrected chi connectivity index (χ0v) is 12.9. The number of hydrogen-bond donors (Lipinski definition) is 2. The summed E-state index contributed by atoms with van der Waals surface area (Å²) in [4.78, 5) is 11.8. The highest BCUT2D eigenvalue weighted by atomic mass is 19.1. The molecule has 0 fully saturated rings. The lowest BCUT2D eigenvalue weighted by Crippen LogP contribution is -2.25. The Morgan fingerprint density at radius 3 is 2.59 bits per heavy atom. The van der Waals surface area contributed by atoms with E-state index < -0.39 is 0 Å². The van der Waals surface area contributed by atoms with Crippen molar-refractivity contribution in [1.82, 2.24) is 5.32 Å². The van der Waals surface area contributed by atoms with E-state index >= 15 is 0 Å². The summed E-state index contributed by atoms with van der Waals surface area (Å²) in [7, 11) is 0. The number of benzene rings is 2. The summed E-state index contributed by atoms with van der Waals surface area (Å²) in [5.74, 6) is -0.393. The van der Waals surface area contributed by atoms with Crippen LogP contribution in [0, 0.1) is 19.7 Å². The summed E-state index contributed by atoms with van der Waals surface area (Å²) in [6, 6.07) is 12.6. The molecule has 0 saturated heterocycles. The van der Waals surface area contributed by atoms with E-state index in [2.05, 4.69) is 36.6 Å². The van der Waals surface area contributed by atoms with Crippen molar-refractivity contribution < 1.29 is 9.18 Å². The molecule has 2 aromatic rings. The molecule has 0 saturated carbocycles. The van der Waals surface area contributed by atoms with E-state index in [1.807, 2.05) is 6.07 Å². The Morgan fingerprint density at radius 1 is 1.09 bits per heavy atom. The zero-order chi connectivity index (χ0) is 15.9. The van der Waals surface area contributed by atoms with Gasteiger partial charge in [-0.15, -0.1) is 0 Å². The lowest BCUT2D eigenvalue weighted by molar-refractivity contribution is -0.121. The van der Waals surface area contributed by atoms with Gasteiger partial charge < -0.3 is 10.6 Å². The summed E-state index contributed by atoms with van der Waals surface area (Å²) < 4.78 is 13.4. The van der Waals surface area contributed by atoms with Crippen LogP contribution >= 0.6 is 0 Å². The molecule has 0 aromatic heterocycles. The predicted molar refractivity (Wildman–Crippen MR) is 87.3 cm³/mol. The molecule has 1 amide bonds. The third kappa shape index (κ3) is 4.58. The molecule has 3 nitrogen and oxygen atoms in total. The van der Waals surface area contributed by atoms with E-state index in [4.69, 9.17) is 0 Å². The molecule has 0 radical (unpaired) electrons. The van der Waals surface area contributed by atoms with Crippen molar-refractivity contribution in [3.63, 3.8) is 0 Å². The quantitative estimate of drug-likeness (QED) is 0.856. The van der Waals surface area contributed by atoms with Gasteiger partial charge in [-0.05, 0) is 43.2 Å². The van der Waals surface area contributed by atoms with E-state index in [0.717, 1.165) is 5.69 Å². The topological polar surface area (TPSA) is 41.1 Å². The summed E-state index contributed by atoms with van der Waals surface area (Å²) in [5, 5.41) is 5.95. The van der Waals surface area contributed by atoms with Crippen LogP contribution in [0.5, 0.6) is 0 Å². The first kappa shape index (κ1) is 16.0. The minimum absolute atomic E-state index is 0.0976. The van der Waals surface area contributed by atoms with E-state index in [1.54, 1.807) is 18.2 Å². The van der Waals surface area contributed by atoms with E-state index in [9.17, 15) is 9.18 Å². The van der Waals surface area contributed by atoms with Crippen molar-refractivity contribution in [2.45, 2.75) is 26.8 Å². The van der Waals surface area contributed by atoms with Gasteiger partial charge in [-0.2, -0.15) is 0 Å². The van der Waals surface area contributed by atoms with Crippen LogP contribution in [-0.4, -0.2) is 12.5 Å². The zero-order valence-electron chi connectivity index (χ0n) is 12.9. The average molecular weight is 300 g/mol. The second-order valence-corrected chi connectivity index (χ2v) is 5.34. The fourth-order valence-corrected chi connectivity index (χ4v) is 2.10. The van der Waals surface area contributed by atoms with Crippen molar-refractivity contribution in [3.8, 4) is 0 Å². The maximum Gasteiger partial charge on any atom is 0.222 e. The van der Waals surface area contributed by atoms with E-state index in [-0.39, 0.29) is 18.3 Å². The van der Waals surface area contributed by atoms with Crippen molar-refractivity contribution in [3.05, 3.63) is 65.0 Å². The minimum Gasteiger partial charge on any atom is -0.385 e. The van der Waals surface area contributed by atoms with Crippen molar-refractivity contribution in [2.75, 3.05) is 11.9 Å². The molecule has 0 unspecified atom stereocenters. The molecule has 0 aliphatic rings. The highest BCUT2D eigenvalue weighted by Gasteiger charge is 2.04. The highest BCUT2D eigenvalue weighted by Crippen LogP contribution is 2.13. The molecule has 4 heteroatoms. The van der Waals surface area contributed by atoms with Gasteiger partial charge in [-0.3, -0.25) is 4.79 Å². The molecule has 0 aliphatic carbocycles. The van der Waals surface area contributed by atoms with Gasteiger partial charge in [0.05, 0.1) is 0 Å². The molecule has 22 heavy (non-hydrogen) atoms. The Kier molecular flexibility index (Phi) is 5.53. The first-order chi connectivity index (χ1) is 10.6. The van der Waals surface area contributed by atoms with Crippen molar-refractivity contribution in [2.24, 2.45) is 0 Å². The smallest absolute Gasteiger partial charge is 0.222 e. The lowest BCUT2D eigenvalue weighted by Gasteiger charge is -2.09. The summed E-state index contributed by atoms with van der Waals surface area (Å²) in [5.41, 5.74) is 3.96. The van der Waals surface area contributed by atoms with Crippen LogP contribution in [0.3, 0.4) is 0 Å². The SMILES string of the molecule is Cc1ccc(NCCC(=O)NCc2ccccc2F)cc1C. The lowest BCUT2D eigenvalue weighted by atomic mass is 10.1. The fourth-order valence-electron chi connectivity index (χ4n) is 2.10. The third-order valence-corrected chi connectivity index (χ3v) is 3.62. The number of carbonyl (C=O) groups excluding carboxylic acids is 1. The van der Waals surface area contributed by atoms with Gasteiger partial charge in [0.25, 0.3) is 0 Å². The minimum atomic E-state index is -0.295. The van der Waals surface area contributed by atoms with Gasteiger partial charge in [0.2, 0.25) is 5.91 Å². The maximum absolute atomic E-state index is 13.4. The highest BCUT2D eigenvalue weighted by molar-refractivity contribution is 5.76. The van der Waals surface area contributed by atoms with Crippen LogP contribution in [0.25, 0.3) is 0 Å². The molecule has 0 bridgehead atoms. The third-order valence-electron chi connectivity index (χ3n) is 3.62. The van der Waals surface area contributed by atoms with Crippen LogP contribution < -0.4 is 10.6 Å². The van der Waals surface area contributed by atoms with Crippen LogP contribution in [0.15, 0.2) is 42.5 Å². The van der Waals surface area contributed by atoms with Gasteiger partial charge in [0, 0.05) is 30.8 Å². The fraction of sp³-hybridized carbons (Fsp3) is 0.278. The maximum atomic E-state index is 13.4. The number of carbonyl (C=O) groups is 1. The summed E-state index contributed by atoms with van der Waals surface area (Å²) in [6.45, 7) is 4.89. The van der Waals surface area contributed by atoms with Gasteiger partial charge >= 0.3 is 0 Å². The molecule has 2 N–H and O–H groups in total. The first-order valence-corrected chi connectivity index (χ1v) is 7.37. The van der Waals surface area contributed by atoms with Crippen LogP contribution in [0.2, 0.25) is 0 Å². The normalized spacial score (nSPS) is 10.3. The van der Waals surface area contributed by atoms with Crippen molar-refractivity contribution in [1.29, 1.82) is 0 Å². The Morgan fingerprint density at radius 2 is 1.86 bits per heavy atom. The molecular weight excluding hydrogens is 279 g/mol. The van der Waals surface area contributed by atoms with Gasteiger partial charge in [0.15, 0.2) is 0 Å². The largest absolute Gasteiger partial charge is 0.385 e. The molecule has 0 aliphatic heterocycles. The Labute approximate surface area is 130 Å².